The van der Waals surface area contributed by atoms with Crippen LogP contribution >= 0.6 is 0 Å². The molecule has 0 amide bonds. The Kier molecular flexibility index (Phi) is 3.74. The van der Waals surface area contributed by atoms with Gasteiger partial charge in [0, 0.05) is 12.0 Å². The summed E-state index contributed by atoms with van der Waals surface area (Å²) in [4.78, 5) is 0. The second kappa shape index (κ2) is 5.02. The Morgan fingerprint density at radius 2 is 2.21 bits per heavy atom. The van der Waals surface area contributed by atoms with E-state index in [0.29, 0.717) is 6.61 Å². The Morgan fingerprint density at radius 1 is 1.47 bits per heavy atom. The van der Waals surface area contributed by atoms with Gasteiger partial charge in [0.05, 0.1) is 12.1 Å². The van der Waals surface area contributed by atoms with E-state index in [1.807, 2.05) is 26.1 Å². The Bertz CT molecular complexity index is 453. The molecule has 0 aromatic heterocycles. The van der Waals surface area contributed by atoms with Crippen LogP contribution in [0.5, 0.6) is 11.5 Å². The largest absolute Gasteiger partial charge is 0.488 e. The van der Waals surface area contributed by atoms with Crippen molar-refractivity contribution in [2.75, 3.05) is 20.3 Å². The van der Waals surface area contributed by atoms with Crippen molar-refractivity contribution in [2.45, 2.75) is 38.3 Å². The lowest BCUT2D eigenvalue weighted by Crippen LogP contribution is -2.48. The molecule has 106 valence electrons. The SMILES string of the molecule is CNC(C)(CO)COc1cccc2c1OC(C)(C)C2. The molecule has 1 aromatic rings. The highest BCUT2D eigenvalue weighted by atomic mass is 16.5. The third kappa shape index (κ3) is 3.01. The minimum Gasteiger partial charge on any atom is -0.488 e. The first-order valence-electron chi connectivity index (χ1n) is 6.63. The molecule has 0 radical (unpaired) electrons. The molecule has 2 rings (SSSR count). The summed E-state index contributed by atoms with van der Waals surface area (Å²) in [5.74, 6) is 1.59. The van der Waals surface area contributed by atoms with Crippen molar-refractivity contribution >= 4 is 0 Å². The van der Waals surface area contributed by atoms with Gasteiger partial charge in [-0.3, -0.25) is 0 Å². The zero-order valence-electron chi connectivity index (χ0n) is 12.1. The number of benzene rings is 1. The van der Waals surface area contributed by atoms with Gasteiger partial charge in [0.15, 0.2) is 11.5 Å². The highest BCUT2D eigenvalue weighted by molar-refractivity contribution is 5.50. The van der Waals surface area contributed by atoms with Crippen LogP contribution in [0.25, 0.3) is 0 Å². The quantitative estimate of drug-likeness (QED) is 0.851. The van der Waals surface area contributed by atoms with Crippen molar-refractivity contribution in [3.8, 4) is 11.5 Å². The molecule has 19 heavy (non-hydrogen) atoms. The fourth-order valence-corrected chi connectivity index (χ4v) is 2.13. The molecule has 1 aliphatic heterocycles. The Morgan fingerprint density at radius 3 is 2.84 bits per heavy atom. The number of hydrogen-bond acceptors (Lipinski definition) is 4. The van der Waals surface area contributed by atoms with E-state index in [4.69, 9.17) is 9.47 Å². The molecule has 0 aliphatic carbocycles. The number of rotatable bonds is 5. The Balaban J connectivity index is 2.14. The molecule has 0 bridgehead atoms. The number of nitrogens with one attached hydrogen (secondary N) is 1. The van der Waals surface area contributed by atoms with Crippen LogP contribution in [0.1, 0.15) is 26.3 Å². The second-order valence-electron chi connectivity index (χ2n) is 6.04. The molecule has 0 spiro atoms. The summed E-state index contributed by atoms with van der Waals surface area (Å²) in [6.07, 6.45) is 0.892. The fourth-order valence-electron chi connectivity index (χ4n) is 2.13. The summed E-state index contributed by atoms with van der Waals surface area (Å²) in [6, 6.07) is 5.96. The minimum atomic E-state index is -0.448. The van der Waals surface area contributed by atoms with Crippen molar-refractivity contribution in [3.05, 3.63) is 23.8 Å². The molecule has 4 nitrogen and oxygen atoms in total. The monoisotopic (exact) mass is 265 g/mol. The van der Waals surface area contributed by atoms with Crippen LogP contribution in [0.4, 0.5) is 0 Å². The third-order valence-corrected chi connectivity index (χ3v) is 3.55. The van der Waals surface area contributed by atoms with Crippen molar-refractivity contribution < 1.29 is 14.6 Å². The van der Waals surface area contributed by atoms with Crippen molar-refractivity contribution in [1.29, 1.82) is 0 Å². The van der Waals surface area contributed by atoms with Crippen LogP contribution in [-0.4, -0.2) is 36.5 Å². The molecule has 0 saturated carbocycles. The van der Waals surface area contributed by atoms with Gasteiger partial charge >= 0.3 is 0 Å². The molecular weight excluding hydrogens is 242 g/mol. The first-order valence-corrected chi connectivity index (χ1v) is 6.63. The summed E-state index contributed by atoms with van der Waals surface area (Å²) in [5, 5.41) is 12.4. The number of hydrogen-bond donors (Lipinski definition) is 2. The maximum absolute atomic E-state index is 9.37. The maximum atomic E-state index is 9.37. The van der Waals surface area contributed by atoms with Crippen molar-refractivity contribution in [3.63, 3.8) is 0 Å². The van der Waals surface area contributed by atoms with Gasteiger partial charge in [-0.1, -0.05) is 12.1 Å². The highest BCUT2D eigenvalue weighted by Crippen LogP contribution is 2.41. The second-order valence-corrected chi connectivity index (χ2v) is 6.04. The molecule has 1 aliphatic rings. The van der Waals surface area contributed by atoms with E-state index in [9.17, 15) is 5.11 Å². The Labute approximate surface area is 114 Å². The van der Waals surface area contributed by atoms with Gasteiger partial charge in [0.25, 0.3) is 0 Å². The van der Waals surface area contributed by atoms with Crippen LogP contribution in [0, 0.1) is 0 Å². The minimum absolute atomic E-state index is 0.0187. The summed E-state index contributed by atoms with van der Waals surface area (Å²) in [6.45, 7) is 6.47. The van der Waals surface area contributed by atoms with Gasteiger partial charge < -0.3 is 19.9 Å². The van der Waals surface area contributed by atoms with Crippen molar-refractivity contribution in [2.24, 2.45) is 0 Å². The number of aliphatic hydroxyl groups excluding tert-OH is 1. The van der Waals surface area contributed by atoms with Crippen LogP contribution < -0.4 is 14.8 Å². The van der Waals surface area contributed by atoms with E-state index in [2.05, 4.69) is 25.2 Å². The molecule has 0 saturated heterocycles. The van der Waals surface area contributed by atoms with E-state index >= 15 is 0 Å². The zero-order chi connectivity index (χ0) is 14.1. The molecule has 1 heterocycles. The van der Waals surface area contributed by atoms with Crippen LogP contribution in [0.2, 0.25) is 0 Å². The van der Waals surface area contributed by atoms with Gasteiger partial charge in [-0.2, -0.15) is 0 Å². The molecule has 1 atom stereocenters. The third-order valence-electron chi connectivity index (χ3n) is 3.55. The zero-order valence-corrected chi connectivity index (χ0v) is 12.1. The predicted molar refractivity (Wildman–Crippen MR) is 74.9 cm³/mol. The van der Waals surface area contributed by atoms with E-state index < -0.39 is 5.54 Å². The first-order chi connectivity index (χ1) is 8.89. The molecule has 2 N–H and O–H groups in total. The normalized spacial score (nSPS) is 19.4. The van der Waals surface area contributed by atoms with E-state index in [0.717, 1.165) is 17.9 Å². The van der Waals surface area contributed by atoms with Crippen LogP contribution in [0.15, 0.2) is 18.2 Å². The van der Waals surface area contributed by atoms with Gasteiger partial charge in [-0.05, 0) is 33.9 Å². The number of ether oxygens (including phenoxy) is 2. The summed E-state index contributed by atoms with van der Waals surface area (Å²) in [5.41, 5.74) is 0.555. The topological polar surface area (TPSA) is 50.7 Å². The van der Waals surface area contributed by atoms with E-state index in [1.165, 1.54) is 5.56 Å². The average Bonchev–Trinajstić information content (AvgIpc) is 2.70. The molecule has 4 heteroatoms. The van der Waals surface area contributed by atoms with E-state index in [1.54, 1.807) is 0 Å². The average molecular weight is 265 g/mol. The maximum Gasteiger partial charge on any atom is 0.165 e. The highest BCUT2D eigenvalue weighted by Gasteiger charge is 2.32. The number of para-hydroxylation sites is 1. The number of likely N-dealkylation sites (N-methyl/N-ethyl adjacent to an activating group) is 1. The predicted octanol–water partition coefficient (Wildman–Crippen LogP) is 1.75. The summed E-state index contributed by atoms with van der Waals surface area (Å²) < 4.78 is 11.8. The number of aliphatic hydroxyl groups is 1. The van der Waals surface area contributed by atoms with Crippen LogP contribution in [-0.2, 0) is 6.42 Å². The first kappa shape index (κ1) is 14.2. The Hall–Kier alpha value is -1.26. The van der Waals surface area contributed by atoms with Gasteiger partial charge in [0.2, 0.25) is 0 Å². The molecule has 1 aromatic carbocycles. The van der Waals surface area contributed by atoms with E-state index in [-0.39, 0.29) is 12.2 Å². The summed E-state index contributed by atoms with van der Waals surface area (Å²) >= 11 is 0. The van der Waals surface area contributed by atoms with Crippen LogP contribution in [0.3, 0.4) is 0 Å². The fraction of sp³-hybridized carbons (Fsp3) is 0.600. The standard InChI is InChI=1S/C15H23NO3/c1-14(2)8-11-6-5-7-12(13(11)19-14)18-10-15(3,9-17)16-4/h5-7,16-17H,8-10H2,1-4H3. The smallest absolute Gasteiger partial charge is 0.165 e. The number of fused-ring (bicyclic) bond motifs is 1. The van der Waals surface area contributed by atoms with Crippen molar-refractivity contribution in [1.82, 2.24) is 5.32 Å². The molecule has 1 unspecified atom stereocenters. The lowest BCUT2D eigenvalue weighted by atomic mass is 10.0. The lowest BCUT2D eigenvalue weighted by Gasteiger charge is -2.27. The molecular formula is C15H23NO3. The summed E-state index contributed by atoms with van der Waals surface area (Å²) in [7, 11) is 1.81. The van der Waals surface area contributed by atoms with Gasteiger partial charge in [-0.25, -0.2) is 0 Å². The lowest BCUT2D eigenvalue weighted by molar-refractivity contribution is 0.109. The van der Waals surface area contributed by atoms with Gasteiger partial charge in [0.1, 0.15) is 12.2 Å². The molecule has 0 fully saturated rings. The van der Waals surface area contributed by atoms with Gasteiger partial charge in [-0.15, -0.1) is 0 Å².